The molecule has 1 heterocycles. The third-order valence-corrected chi connectivity index (χ3v) is 6.57. The van der Waals surface area contributed by atoms with Crippen LogP contribution in [0.5, 0.6) is 0 Å². The lowest BCUT2D eigenvalue weighted by Crippen LogP contribution is -2.50. The number of hydrogen-bond donors (Lipinski definition) is 0. The summed E-state index contributed by atoms with van der Waals surface area (Å²) in [5, 5.41) is 0. The molecule has 46 heavy (non-hydrogen) atoms. The second-order valence-corrected chi connectivity index (χ2v) is 10.8. The van der Waals surface area contributed by atoms with Gasteiger partial charge in [0, 0.05) is 19.8 Å². The van der Waals surface area contributed by atoms with Crippen molar-refractivity contribution in [3.05, 3.63) is 0 Å². The fraction of sp³-hybridized carbons (Fsp3) is 0.840. The van der Waals surface area contributed by atoms with Crippen LogP contribution in [-0.4, -0.2) is 85.7 Å². The predicted octanol–water partition coefficient (Wildman–Crippen LogP) is 5.77. The highest BCUT2D eigenvalue weighted by Gasteiger charge is 2.62. The molecule has 0 radical (unpaired) electrons. The largest absolute Gasteiger partial charge is 0.465 e. The van der Waals surface area contributed by atoms with Crippen molar-refractivity contribution in [2.24, 2.45) is 17.8 Å². The van der Waals surface area contributed by atoms with Crippen molar-refractivity contribution in [2.45, 2.75) is 102 Å². The molecule has 0 aromatic rings. The molecule has 1 aliphatic heterocycles. The zero-order chi connectivity index (χ0) is 36.1. The number of halogens is 12. The van der Waals surface area contributed by atoms with Crippen molar-refractivity contribution in [1.29, 1.82) is 0 Å². The monoisotopic (exact) mass is 702 g/mol. The maximum absolute atomic E-state index is 13.1. The lowest BCUT2D eigenvalue weighted by Gasteiger charge is -2.35. The van der Waals surface area contributed by atoms with Gasteiger partial charge in [0.05, 0.1) is 37.1 Å². The summed E-state index contributed by atoms with van der Waals surface area (Å²) in [6.45, 7) is 3.80. The zero-order valence-electron chi connectivity index (χ0n) is 24.4. The van der Waals surface area contributed by atoms with Crippen molar-refractivity contribution in [1.82, 2.24) is 0 Å². The molecule has 1 saturated heterocycles. The average molecular weight is 702 g/mol. The van der Waals surface area contributed by atoms with E-state index < -0.39 is 97.0 Å². The Labute approximate surface area is 253 Å². The lowest BCUT2D eigenvalue weighted by atomic mass is 9.80. The Bertz CT molecular complexity index is 1040. The van der Waals surface area contributed by atoms with Gasteiger partial charge in [0.25, 0.3) is 12.2 Å². The SMILES string of the molecule is CC(=O)OC(C)(CCC(C)C(=O)OCCC1CO1)CC(C(=O)OC(C(F)(F)F)C(F)(F)F)C(C)C(=O)OC(C(F)(F)F)C(F)(F)F. The second kappa shape index (κ2) is 15.3. The van der Waals surface area contributed by atoms with E-state index in [4.69, 9.17) is 14.2 Å². The topological polar surface area (TPSA) is 118 Å². The molecule has 5 atom stereocenters. The van der Waals surface area contributed by atoms with Crippen molar-refractivity contribution in [3.8, 4) is 0 Å². The van der Waals surface area contributed by atoms with Crippen LogP contribution in [-0.2, 0) is 42.9 Å². The van der Waals surface area contributed by atoms with Gasteiger partial charge < -0.3 is 23.7 Å². The highest BCUT2D eigenvalue weighted by atomic mass is 19.4. The third-order valence-electron chi connectivity index (χ3n) is 6.57. The van der Waals surface area contributed by atoms with Crippen LogP contribution in [0.15, 0.2) is 0 Å². The van der Waals surface area contributed by atoms with Crippen LogP contribution in [0.4, 0.5) is 52.7 Å². The van der Waals surface area contributed by atoms with Crippen LogP contribution in [0.1, 0.15) is 53.4 Å². The van der Waals surface area contributed by atoms with E-state index >= 15 is 0 Å². The molecule has 0 bridgehead atoms. The van der Waals surface area contributed by atoms with Gasteiger partial charge in [0.15, 0.2) is 0 Å². The summed E-state index contributed by atoms with van der Waals surface area (Å²) in [5.74, 6) is -13.4. The number of esters is 4. The third kappa shape index (κ3) is 13.4. The second-order valence-electron chi connectivity index (χ2n) is 10.8. The van der Waals surface area contributed by atoms with E-state index in [9.17, 15) is 71.9 Å². The molecule has 21 heteroatoms. The van der Waals surface area contributed by atoms with E-state index in [1.165, 1.54) is 6.92 Å². The van der Waals surface area contributed by atoms with Crippen LogP contribution < -0.4 is 0 Å². The highest BCUT2D eigenvalue weighted by Crippen LogP contribution is 2.40. The molecular formula is C25H30F12O9. The van der Waals surface area contributed by atoms with Crippen LogP contribution in [0.3, 0.4) is 0 Å². The van der Waals surface area contributed by atoms with Gasteiger partial charge in [-0.25, -0.2) is 0 Å². The molecule has 268 valence electrons. The van der Waals surface area contributed by atoms with Gasteiger partial charge in [0.2, 0.25) is 0 Å². The minimum atomic E-state index is -6.31. The van der Waals surface area contributed by atoms with E-state index in [0.717, 1.165) is 13.8 Å². The molecule has 0 amide bonds. The van der Waals surface area contributed by atoms with E-state index in [2.05, 4.69) is 9.47 Å². The first-order valence-electron chi connectivity index (χ1n) is 13.2. The maximum Gasteiger partial charge on any atom is 0.434 e. The molecule has 0 N–H and O–H groups in total. The molecule has 9 nitrogen and oxygen atoms in total. The molecule has 1 fully saturated rings. The number of rotatable bonds is 15. The first-order valence-corrected chi connectivity index (χ1v) is 13.2. The molecule has 0 aliphatic carbocycles. The molecule has 0 aromatic heterocycles. The predicted molar refractivity (Wildman–Crippen MR) is 125 cm³/mol. The number of hydrogen-bond acceptors (Lipinski definition) is 9. The summed E-state index contributed by atoms with van der Waals surface area (Å²) in [5.41, 5.74) is -2.18. The summed E-state index contributed by atoms with van der Waals surface area (Å²) >= 11 is 0. The molecule has 5 unspecified atom stereocenters. The fourth-order valence-corrected chi connectivity index (χ4v) is 4.01. The summed E-state index contributed by atoms with van der Waals surface area (Å²) < 4.78 is 179. The van der Waals surface area contributed by atoms with E-state index in [-0.39, 0.29) is 19.1 Å². The van der Waals surface area contributed by atoms with Gasteiger partial charge in [0.1, 0.15) is 5.60 Å². The maximum atomic E-state index is 13.1. The van der Waals surface area contributed by atoms with Crippen LogP contribution in [0, 0.1) is 17.8 Å². The first kappa shape index (κ1) is 41.0. The van der Waals surface area contributed by atoms with Gasteiger partial charge >= 0.3 is 48.6 Å². The molecule has 0 spiro atoms. The number of carbonyl (C=O) groups excluding carboxylic acids is 4. The number of alkyl halides is 12. The first-order chi connectivity index (χ1) is 20.6. The lowest BCUT2D eigenvalue weighted by molar-refractivity contribution is -0.317. The van der Waals surface area contributed by atoms with Crippen LogP contribution in [0.25, 0.3) is 0 Å². The number of carbonyl (C=O) groups is 4. The Balaban J connectivity index is 3.41. The van der Waals surface area contributed by atoms with Gasteiger partial charge in [-0.3, -0.25) is 19.2 Å². The zero-order valence-corrected chi connectivity index (χ0v) is 24.4. The minimum absolute atomic E-state index is 0.0565. The average Bonchev–Trinajstić information content (AvgIpc) is 3.68. The standard InChI is InChI=1S/C25H30F12O9/c1-11(16(39)42-8-6-14-10-43-14)5-7-21(4,46-13(3)38)9-15(18(41)45-20(24(32,33)34)25(35,36)37)12(2)17(40)44-19(22(26,27)28)23(29,30)31/h11-12,14-15,19-20H,5-10H2,1-4H3. The number of ether oxygens (including phenoxy) is 5. The minimum Gasteiger partial charge on any atom is -0.465 e. The smallest absolute Gasteiger partial charge is 0.434 e. The summed E-state index contributed by atoms with van der Waals surface area (Å²) in [7, 11) is 0. The number of epoxide rings is 1. The Morgan fingerprint density at radius 1 is 0.761 bits per heavy atom. The van der Waals surface area contributed by atoms with Crippen molar-refractivity contribution in [2.75, 3.05) is 13.2 Å². The van der Waals surface area contributed by atoms with Gasteiger partial charge in [-0.05, 0) is 19.8 Å². The quantitative estimate of drug-likeness (QED) is 0.0908. The van der Waals surface area contributed by atoms with Crippen LogP contribution >= 0.6 is 0 Å². The van der Waals surface area contributed by atoms with Gasteiger partial charge in [-0.2, -0.15) is 52.7 Å². The van der Waals surface area contributed by atoms with E-state index in [1.807, 2.05) is 0 Å². The van der Waals surface area contributed by atoms with E-state index in [1.54, 1.807) is 0 Å². The van der Waals surface area contributed by atoms with E-state index in [0.29, 0.717) is 20.0 Å². The highest BCUT2D eigenvalue weighted by molar-refractivity contribution is 5.82. The Hall–Kier alpha value is -3.00. The molecule has 0 aromatic carbocycles. The Kier molecular flexibility index (Phi) is 13.6. The molecular weight excluding hydrogens is 672 g/mol. The normalized spacial score (nSPS) is 19.1. The molecule has 1 rings (SSSR count). The van der Waals surface area contributed by atoms with Gasteiger partial charge in [-0.1, -0.05) is 13.8 Å². The van der Waals surface area contributed by atoms with Crippen molar-refractivity contribution in [3.63, 3.8) is 0 Å². The Morgan fingerprint density at radius 2 is 1.20 bits per heavy atom. The molecule has 0 saturated carbocycles. The summed E-state index contributed by atoms with van der Waals surface area (Å²) in [4.78, 5) is 49.3. The summed E-state index contributed by atoms with van der Waals surface area (Å²) in [6.07, 6.45) is -36.6. The Morgan fingerprint density at radius 3 is 1.59 bits per heavy atom. The molecule has 1 aliphatic rings. The fourth-order valence-electron chi connectivity index (χ4n) is 4.01. The van der Waals surface area contributed by atoms with Crippen molar-refractivity contribution >= 4 is 23.9 Å². The van der Waals surface area contributed by atoms with Gasteiger partial charge in [-0.15, -0.1) is 0 Å². The van der Waals surface area contributed by atoms with Crippen LogP contribution in [0.2, 0.25) is 0 Å². The van der Waals surface area contributed by atoms with Crippen molar-refractivity contribution < 1.29 is 95.5 Å². The summed E-state index contributed by atoms with van der Waals surface area (Å²) in [6, 6.07) is 0.